The zero-order valence-corrected chi connectivity index (χ0v) is 7.18. The fraction of sp³-hybridized carbons (Fsp3) is 0.500. The van der Waals surface area contributed by atoms with Gasteiger partial charge in [0.2, 0.25) is 0 Å². The average molecular weight is 151 g/mol. The Balaban J connectivity index is 3.02. The molecule has 0 fully saturated rings. The molecule has 0 atom stereocenters. The molecule has 3 heteroatoms. The van der Waals surface area contributed by atoms with E-state index in [1.165, 1.54) is 0 Å². The summed E-state index contributed by atoms with van der Waals surface area (Å²) in [5.74, 6) is 1.82. The molecule has 0 saturated heterocycles. The lowest BCUT2D eigenvalue weighted by molar-refractivity contribution is 0.931. The number of aryl methyl sites for hydroxylation is 2. The highest BCUT2D eigenvalue weighted by Crippen LogP contribution is 2.08. The Bertz CT molecular complexity index is 245. The molecule has 60 valence electrons. The normalized spacial score (nSPS) is 9.73. The van der Waals surface area contributed by atoms with Gasteiger partial charge in [-0.05, 0) is 6.92 Å². The van der Waals surface area contributed by atoms with Crippen LogP contribution in [0.4, 0.5) is 5.82 Å². The van der Waals surface area contributed by atoms with Crippen LogP contribution >= 0.6 is 0 Å². The van der Waals surface area contributed by atoms with E-state index < -0.39 is 0 Å². The van der Waals surface area contributed by atoms with E-state index in [0.717, 1.165) is 23.6 Å². The summed E-state index contributed by atoms with van der Waals surface area (Å²) in [6, 6.07) is 0. The van der Waals surface area contributed by atoms with Gasteiger partial charge in [-0.25, -0.2) is 9.97 Å². The molecule has 11 heavy (non-hydrogen) atoms. The van der Waals surface area contributed by atoms with E-state index in [1.54, 1.807) is 0 Å². The summed E-state index contributed by atoms with van der Waals surface area (Å²) in [5.41, 5.74) is 1.09. The maximum Gasteiger partial charge on any atom is 0.132 e. The van der Waals surface area contributed by atoms with Crippen molar-refractivity contribution in [2.24, 2.45) is 0 Å². The molecule has 0 bridgehead atoms. The van der Waals surface area contributed by atoms with E-state index in [4.69, 9.17) is 0 Å². The van der Waals surface area contributed by atoms with E-state index in [0.29, 0.717) is 0 Å². The number of nitrogens with zero attached hydrogens (tertiary/aromatic N) is 2. The van der Waals surface area contributed by atoms with Crippen molar-refractivity contribution in [1.29, 1.82) is 0 Å². The monoisotopic (exact) mass is 151 g/mol. The van der Waals surface area contributed by atoms with Gasteiger partial charge in [0.1, 0.15) is 11.6 Å². The lowest BCUT2D eigenvalue weighted by Gasteiger charge is -2.03. The minimum atomic E-state index is 0.884. The van der Waals surface area contributed by atoms with E-state index in [1.807, 2.05) is 27.1 Å². The molecule has 0 amide bonds. The Kier molecular flexibility index (Phi) is 2.41. The predicted molar refractivity (Wildman–Crippen MR) is 45.7 cm³/mol. The molecule has 1 aromatic rings. The summed E-state index contributed by atoms with van der Waals surface area (Å²) in [4.78, 5) is 8.44. The van der Waals surface area contributed by atoms with Gasteiger partial charge < -0.3 is 5.32 Å². The van der Waals surface area contributed by atoms with Gasteiger partial charge in [0.25, 0.3) is 0 Å². The molecule has 1 heterocycles. The molecule has 1 aromatic heterocycles. The zero-order chi connectivity index (χ0) is 8.27. The van der Waals surface area contributed by atoms with Crippen LogP contribution in [0.15, 0.2) is 6.20 Å². The largest absolute Gasteiger partial charge is 0.373 e. The summed E-state index contributed by atoms with van der Waals surface area (Å²) >= 11 is 0. The Hall–Kier alpha value is -1.12. The van der Waals surface area contributed by atoms with Crippen LogP contribution in [0.2, 0.25) is 0 Å². The van der Waals surface area contributed by atoms with Crippen molar-refractivity contribution in [2.75, 3.05) is 12.4 Å². The molecule has 3 nitrogen and oxygen atoms in total. The molecule has 0 radical (unpaired) electrons. The van der Waals surface area contributed by atoms with Crippen molar-refractivity contribution in [1.82, 2.24) is 9.97 Å². The Morgan fingerprint density at radius 3 is 2.82 bits per heavy atom. The van der Waals surface area contributed by atoms with Crippen molar-refractivity contribution in [3.63, 3.8) is 0 Å². The highest BCUT2D eigenvalue weighted by atomic mass is 15.0. The van der Waals surface area contributed by atoms with Crippen LogP contribution in [0.3, 0.4) is 0 Å². The maximum absolute atomic E-state index is 4.29. The van der Waals surface area contributed by atoms with Crippen LogP contribution in [0.1, 0.15) is 18.3 Å². The van der Waals surface area contributed by atoms with Crippen molar-refractivity contribution in [3.8, 4) is 0 Å². The van der Waals surface area contributed by atoms with Crippen molar-refractivity contribution in [3.05, 3.63) is 17.6 Å². The second-order valence-electron chi connectivity index (χ2n) is 2.42. The number of nitrogens with one attached hydrogen (secondary N) is 1. The van der Waals surface area contributed by atoms with Crippen LogP contribution in [0.5, 0.6) is 0 Å². The van der Waals surface area contributed by atoms with Crippen LogP contribution in [-0.4, -0.2) is 17.0 Å². The fourth-order valence-corrected chi connectivity index (χ4v) is 0.902. The smallest absolute Gasteiger partial charge is 0.132 e. The lowest BCUT2D eigenvalue weighted by Crippen LogP contribution is -2.00. The van der Waals surface area contributed by atoms with Crippen LogP contribution in [0, 0.1) is 6.92 Å². The molecule has 0 aliphatic rings. The van der Waals surface area contributed by atoms with Gasteiger partial charge in [-0.1, -0.05) is 6.92 Å². The first kappa shape index (κ1) is 7.98. The van der Waals surface area contributed by atoms with Crippen molar-refractivity contribution in [2.45, 2.75) is 20.3 Å². The van der Waals surface area contributed by atoms with Gasteiger partial charge >= 0.3 is 0 Å². The molecule has 1 rings (SSSR count). The summed E-state index contributed by atoms with van der Waals surface area (Å²) in [5, 5.41) is 3.02. The highest BCUT2D eigenvalue weighted by Gasteiger charge is 1.98. The molecule has 0 saturated carbocycles. The molecule has 0 unspecified atom stereocenters. The summed E-state index contributed by atoms with van der Waals surface area (Å²) in [7, 11) is 1.87. The Labute approximate surface area is 66.9 Å². The topological polar surface area (TPSA) is 37.8 Å². The summed E-state index contributed by atoms with van der Waals surface area (Å²) < 4.78 is 0. The first-order valence-corrected chi connectivity index (χ1v) is 3.78. The minimum absolute atomic E-state index is 0.884. The van der Waals surface area contributed by atoms with Crippen LogP contribution in [0.25, 0.3) is 0 Å². The third kappa shape index (κ3) is 1.67. The first-order chi connectivity index (χ1) is 5.27. The van der Waals surface area contributed by atoms with Gasteiger partial charge in [0.05, 0.1) is 0 Å². The molecule has 0 spiro atoms. The van der Waals surface area contributed by atoms with Crippen LogP contribution in [-0.2, 0) is 6.42 Å². The van der Waals surface area contributed by atoms with Crippen LogP contribution < -0.4 is 5.32 Å². The minimum Gasteiger partial charge on any atom is -0.373 e. The van der Waals surface area contributed by atoms with E-state index in [-0.39, 0.29) is 0 Å². The maximum atomic E-state index is 4.29. The second-order valence-corrected chi connectivity index (χ2v) is 2.42. The van der Waals surface area contributed by atoms with E-state index in [2.05, 4.69) is 15.3 Å². The number of aromatic nitrogens is 2. The first-order valence-electron chi connectivity index (χ1n) is 3.78. The molecular formula is C8H13N3. The van der Waals surface area contributed by atoms with Gasteiger partial charge in [-0.3, -0.25) is 0 Å². The number of hydrogen-bond acceptors (Lipinski definition) is 3. The van der Waals surface area contributed by atoms with E-state index >= 15 is 0 Å². The standard InChI is InChI=1S/C8H13N3/c1-4-7-10-5-6(2)8(9-3)11-7/h5H,4H2,1-3H3,(H,9,10,11). The average Bonchev–Trinajstić information content (AvgIpc) is 2.05. The second kappa shape index (κ2) is 3.32. The quantitative estimate of drug-likeness (QED) is 0.694. The van der Waals surface area contributed by atoms with Gasteiger partial charge in [0, 0.05) is 25.2 Å². The molecule has 0 aliphatic heterocycles. The molecule has 1 N–H and O–H groups in total. The number of hydrogen-bond donors (Lipinski definition) is 1. The third-order valence-electron chi connectivity index (χ3n) is 1.57. The summed E-state index contributed by atoms with van der Waals surface area (Å²) in [6.07, 6.45) is 2.73. The Morgan fingerprint density at radius 1 is 1.55 bits per heavy atom. The number of rotatable bonds is 2. The third-order valence-corrected chi connectivity index (χ3v) is 1.57. The lowest BCUT2D eigenvalue weighted by atomic mass is 10.3. The molecule has 0 aromatic carbocycles. The van der Waals surface area contributed by atoms with E-state index in [9.17, 15) is 0 Å². The molecule has 0 aliphatic carbocycles. The highest BCUT2D eigenvalue weighted by molar-refractivity contribution is 5.40. The number of anilines is 1. The molecular weight excluding hydrogens is 138 g/mol. The van der Waals surface area contributed by atoms with Crippen molar-refractivity contribution >= 4 is 5.82 Å². The van der Waals surface area contributed by atoms with Gasteiger partial charge in [0.15, 0.2) is 0 Å². The summed E-state index contributed by atoms with van der Waals surface area (Å²) in [6.45, 7) is 4.04. The Morgan fingerprint density at radius 2 is 2.27 bits per heavy atom. The fourth-order valence-electron chi connectivity index (χ4n) is 0.902. The zero-order valence-electron chi connectivity index (χ0n) is 7.18. The van der Waals surface area contributed by atoms with Gasteiger partial charge in [-0.2, -0.15) is 0 Å². The predicted octanol–water partition coefficient (Wildman–Crippen LogP) is 1.39. The SMILES string of the molecule is CCc1ncc(C)c(NC)n1. The van der Waals surface area contributed by atoms with Crippen molar-refractivity contribution < 1.29 is 0 Å². The van der Waals surface area contributed by atoms with Gasteiger partial charge in [-0.15, -0.1) is 0 Å².